The topological polar surface area (TPSA) is 128 Å². The number of benzene rings is 1. The summed E-state index contributed by atoms with van der Waals surface area (Å²) in [4.78, 5) is 35.0. The molecule has 0 radical (unpaired) electrons. The van der Waals surface area contributed by atoms with Crippen LogP contribution in [-0.4, -0.2) is 77.5 Å². The van der Waals surface area contributed by atoms with Gasteiger partial charge in [-0.05, 0) is 43.2 Å². The van der Waals surface area contributed by atoms with Crippen molar-refractivity contribution in [3.63, 3.8) is 0 Å². The van der Waals surface area contributed by atoms with Crippen LogP contribution in [0, 0.1) is 11.3 Å². The Balaban J connectivity index is 1.19. The van der Waals surface area contributed by atoms with Gasteiger partial charge in [-0.15, -0.1) is 5.10 Å². The summed E-state index contributed by atoms with van der Waals surface area (Å²) in [6.07, 6.45) is -1.91. The van der Waals surface area contributed by atoms with Crippen molar-refractivity contribution in [1.82, 2.24) is 20.1 Å². The van der Waals surface area contributed by atoms with Crippen molar-refractivity contribution in [3.8, 4) is 17.7 Å². The molecule has 1 N–H and O–H groups in total. The van der Waals surface area contributed by atoms with Gasteiger partial charge in [-0.1, -0.05) is 6.07 Å². The molecule has 2 aromatic heterocycles. The molecule has 6 rings (SSSR count). The van der Waals surface area contributed by atoms with E-state index in [4.69, 9.17) is 14.7 Å². The number of ether oxygens (including phenoxy) is 2. The van der Waals surface area contributed by atoms with Crippen molar-refractivity contribution in [2.45, 2.75) is 24.6 Å². The van der Waals surface area contributed by atoms with Gasteiger partial charge in [0.15, 0.2) is 5.56 Å². The smallest absolute Gasteiger partial charge is 0.423 e. The van der Waals surface area contributed by atoms with E-state index in [1.54, 1.807) is 29.2 Å². The van der Waals surface area contributed by atoms with E-state index in [2.05, 4.69) is 10.1 Å². The summed E-state index contributed by atoms with van der Waals surface area (Å²) in [6.45, 7) is 2.81. The Kier molecular flexibility index (Phi) is 6.97. The molecule has 0 saturated carbocycles. The minimum Gasteiger partial charge on any atom is -0.436 e. The van der Waals surface area contributed by atoms with Crippen molar-refractivity contribution in [2.24, 2.45) is 0 Å². The highest BCUT2D eigenvalue weighted by Gasteiger charge is 2.51. The first-order valence-electron chi connectivity index (χ1n) is 13.4. The van der Waals surface area contributed by atoms with Crippen LogP contribution in [0.5, 0.6) is 11.6 Å². The molecule has 0 bridgehead atoms. The van der Waals surface area contributed by atoms with Crippen molar-refractivity contribution in [2.75, 3.05) is 55.7 Å². The molecule has 3 fully saturated rings. The minimum absolute atomic E-state index is 0.0996. The Morgan fingerprint density at radius 3 is 2.55 bits per heavy atom. The number of H-pyrrole nitrogens is 1. The minimum atomic E-state index is -4.95. The second-order valence-electron chi connectivity index (χ2n) is 10.5. The molecule has 3 aliphatic heterocycles. The number of carbonyl (C=O) groups is 1. The first-order valence-corrected chi connectivity index (χ1v) is 13.4. The van der Waals surface area contributed by atoms with Crippen LogP contribution in [0.1, 0.15) is 34.3 Å². The number of hydrogen-bond donors (Lipinski definition) is 1. The maximum absolute atomic E-state index is 14.0. The molecule has 0 aliphatic carbocycles. The van der Waals surface area contributed by atoms with E-state index in [9.17, 15) is 22.8 Å². The molecule has 0 unspecified atom stereocenters. The van der Waals surface area contributed by atoms with Gasteiger partial charge in [0.1, 0.15) is 28.9 Å². The van der Waals surface area contributed by atoms with Gasteiger partial charge in [0.2, 0.25) is 0 Å². The van der Waals surface area contributed by atoms with Gasteiger partial charge in [0.05, 0.1) is 5.56 Å². The highest BCUT2D eigenvalue weighted by molar-refractivity contribution is 5.94. The second kappa shape index (κ2) is 10.6. The quantitative estimate of drug-likeness (QED) is 0.483. The number of piperazine rings is 1. The van der Waals surface area contributed by atoms with Crippen LogP contribution in [0.15, 0.2) is 47.4 Å². The lowest BCUT2D eigenvalue weighted by atomic mass is 9.90. The molecule has 3 aliphatic rings. The van der Waals surface area contributed by atoms with Gasteiger partial charge in [-0.3, -0.25) is 9.59 Å². The number of halogens is 3. The van der Waals surface area contributed by atoms with E-state index in [-0.39, 0.29) is 24.7 Å². The number of pyridine rings is 1. The van der Waals surface area contributed by atoms with Gasteiger partial charge in [0.25, 0.3) is 17.3 Å². The van der Waals surface area contributed by atoms with Crippen LogP contribution in [0.25, 0.3) is 0 Å². The number of hydrogen-bond acceptors (Lipinski definition) is 9. The summed E-state index contributed by atoms with van der Waals surface area (Å²) in [5.41, 5.74) is -2.97. The van der Waals surface area contributed by atoms with Crippen molar-refractivity contribution in [1.29, 1.82) is 5.26 Å². The van der Waals surface area contributed by atoms with Gasteiger partial charge in [-0.2, -0.15) is 18.4 Å². The number of aromatic amines is 1. The number of aromatic nitrogens is 3. The van der Waals surface area contributed by atoms with E-state index >= 15 is 0 Å². The Labute approximate surface area is 238 Å². The third-order valence-electron chi connectivity index (χ3n) is 7.73. The number of carbonyl (C=O) groups excluding carboxylic acids is 1. The van der Waals surface area contributed by atoms with Crippen LogP contribution in [0.4, 0.5) is 24.7 Å². The van der Waals surface area contributed by atoms with Crippen LogP contribution in [0.2, 0.25) is 0 Å². The van der Waals surface area contributed by atoms with E-state index in [1.807, 2.05) is 16.1 Å². The largest absolute Gasteiger partial charge is 0.436 e. The van der Waals surface area contributed by atoms with E-state index in [0.29, 0.717) is 49.7 Å². The molecule has 3 saturated heterocycles. The van der Waals surface area contributed by atoms with E-state index < -0.39 is 34.5 Å². The highest BCUT2D eigenvalue weighted by atomic mass is 19.4. The highest BCUT2D eigenvalue weighted by Crippen LogP contribution is 2.45. The lowest BCUT2D eigenvalue weighted by Gasteiger charge is -2.48. The van der Waals surface area contributed by atoms with Crippen LogP contribution < -0.4 is 20.1 Å². The Hall–Kier alpha value is -4.64. The molecule has 5 heterocycles. The zero-order valence-electron chi connectivity index (χ0n) is 22.4. The van der Waals surface area contributed by atoms with Crippen LogP contribution in [0.3, 0.4) is 0 Å². The standard InChI is InChI=1S/C28H26F3N7O4/c29-28(30,31)22-23(38-16-27(17-38)7-2-12-41-27)25(35-34-24(22)39)42-20-4-1-3-19(13-20)26(40)37-10-8-36(9-11-37)21-6-5-18(14-32)15-33-21/h1,3-6,13,15H,2,7-12,16-17H2,(H,34,39). The van der Waals surface area contributed by atoms with Crippen LogP contribution in [-0.2, 0) is 10.9 Å². The van der Waals surface area contributed by atoms with Crippen molar-refractivity contribution >= 4 is 17.4 Å². The van der Waals surface area contributed by atoms with Gasteiger partial charge in [0, 0.05) is 57.6 Å². The zero-order valence-corrected chi connectivity index (χ0v) is 22.4. The summed E-state index contributed by atoms with van der Waals surface area (Å²) >= 11 is 0. The molecule has 1 amide bonds. The van der Waals surface area contributed by atoms with E-state index in [1.165, 1.54) is 23.2 Å². The predicted octanol–water partition coefficient (Wildman–Crippen LogP) is 3.18. The Morgan fingerprint density at radius 1 is 1.12 bits per heavy atom. The van der Waals surface area contributed by atoms with Crippen molar-refractivity contribution < 1.29 is 27.4 Å². The molecule has 1 aromatic carbocycles. The third kappa shape index (κ3) is 5.23. The zero-order chi connectivity index (χ0) is 29.5. The second-order valence-corrected chi connectivity index (χ2v) is 10.5. The van der Waals surface area contributed by atoms with Gasteiger partial charge in [-0.25, -0.2) is 10.1 Å². The lowest BCUT2D eigenvalue weighted by molar-refractivity contribution is -0.138. The summed E-state index contributed by atoms with van der Waals surface area (Å²) < 4.78 is 53.7. The van der Waals surface area contributed by atoms with Gasteiger partial charge < -0.3 is 24.2 Å². The van der Waals surface area contributed by atoms with Crippen molar-refractivity contribution in [3.05, 3.63) is 69.6 Å². The first-order chi connectivity index (χ1) is 20.2. The molecule has 218 valence electrons. The maximum Gasteiger partial charge on any atom is 0.423 e. The van der Waals surface area contributed by atoms with Crippen LogP contribution >= 0.6 is 0 Å². The number of rotatable bonds is 5. The van der Waals surface area contributed by atoms with Gasteiger partial charge >= 0.3 is 6.18 Å². The monoisotopic (exact) mass is 581 g/mol. The summed E-state index contributed by atoms with van der Waals surface area (Å²) in [7, 11) is 0. The molecular weight excluding hydrogens is 555 g/mol. The lowest BCUT2D eigenvalue weighted by Crippen LogP contribution is -2.62. The predicted molar refractivity (Wildman–Crippen MR) is 144 cm³/mol. The average Bonchev–Trinajstić information content (AvgIpc) is 3.47. The SMILES string of the molecule is N#Cc1ccc(N2CCN(C(=O)c3cccc(Oc4n[nH]c(=O)c(C(F)(F)F)c4N4CC5(CCCO5)C4)c3)CC2)nc1. The third-order valence-corrected chi connectivity index (χ3v) is 7.73. The summed E-state index contributed by atoms with van der Waals surface area (Å²) in [5, 5.41) is 14.7. The fourth-order valence-corrected chi connectivity index (χ4v) is 5.63. The molecule has 3 aromatic rings. The fourth-order valence-electron chi connectivity index (χ4n) is 5.63. The summed E-state index contributed by atoms with van der Waals surface area (Å²) in [5.74, 6) is 0.138. The normalized spacial score (nSPS) is 18.1. The fraction of sp³-hybridized carbons (Fsp3) is 0.393. The summed E-state index contributed by atoms with van der Waals surface area (Å²) in [6, 6.07) is 11.6. The number of nitrogens with one attached hydrogen (secondary N) is 1. The first kappa shape index (κ1) is 27.5. The molecule has 11 nitrogen and oxygen atoms in total. The number of anilines is 2. The number of alkyl halides is 3. The number of nitriles is 1. The maximum atomic E-state index is 14.0. The Morgan fingerprint density at radius 2 is 1.90 bits per heavy atom. The van der Waals surface area contributed by atoms with E-state index in [0.717, 1.165) is 12.8 Å². The molecule has 1 spiro atoms. The molecule has 14 heteroatoms. The average molecular weight is 582 g/mol. The molecular formula is C28H26F3N7O4. The number of nitrogens with zero attached hydrogens (tertiary/aromatic N) is 6. The number of amides is 1. The molecule has 0 atom stereocenters. The molecule has 42 heavy (non-hydrogen) atoms. The Bertz CT molecular complexity index is 1580.